The summed E-state index contributed by atoms with van der Waals surface area (Å²) >= 11 is 1.49. The van der Waals surface area contributed by atoms with Crippen molar-refractivity contribution in [2.75, 3.05) is 26.6 Å². The van der Waals surface area contributed by atoms with Crippen molar-refractivity contribution in [2.45, 2.75) is 12.1 Å². The van der Waals surface area contributed by atoms with E-state index < -0.39 is 0 Å². The number of methoxy groups -OCH3 is 2. The predicted molar refractivity (Wildman–Crippen MR) is 113 cm³/mol. The van der Waals surface area contributed by atoms with Crippen LogP contribution in [0.15, 0.2) is 52.4 Å². The smallest absolute Gasteiger partial charge is 0.283 e. The second-order valence-electron chi connectivity index (χ2n) is 6.45. The minimum atomic E-state index is -0.148. The summed E-state index contributed by atoms with van der Waals surface area (Å²) in [5.41, 5.74) is 3.63. The number of nitrogens with one attached hydrogen (secondary N) is 1. The minimum Gasteiger partial charge on any atom is -0.495 e. The first-order valence-corrected chi connectivity index (χ1v) is 9.93. The Hall–Kier alpha value is -2.77. The molecule has 0 saturated heterocycles. The largest absolute Gasteiger partial charge is 0.495 e. The molecule has 0 radical (unpaired) electrons. The molecule has 2 aromatic heterocycles. The van der Waals surface area contributed by atoms with E-state index in [0.717, 1.165) is 16.5 Å². The molecule has 0 saturated carbocycles. The maximum absolute atomic E-state index is 13.5. The molecule has 0 spiro atoms. The van der Waals surface area contributed by atoms with Gasteiger partial charge < -0.3 is 14.5 Å². The van der Waals surface area contributed by atoms with Gasteiger partial charge in [0.1, 0.15) is 16.8 Å². The Morgan fingerprint density at radius 2 is 2.00 bits per heavy atom. The Bertz CT molecular complexity index is 1210. The summed E-state index contributed by atoms with van der Waals surface area (Å²) in [7, 11) is 3.26. The van der Waals surface area contributed by atoms with Crippen LogP contribution >= 0.6 is 11.8 Å². The maximum atomic E-state index is 13.5. The van der Waals surface area contributed by atoms with E-state index in [4.69, 9.17) is 14.5 Å². The molecule has 0 atom stereocenters. The third-order valence-electron chi connectivity index (χ3n) is 4.59. The van der Waals surface area contributed by atoms with Gasteiger partial charge in [0.15, 0.2) is 5.16 Å². The fourth-order valence-corrected chi connectivity index (χ4v) is 4.14. The second-order valence-corrected chi connectivity index (χ2v) is 7.51. The Balaban J connectivity index is 2.04. The van der Waals surface area contributed by atoms with Gasteiger partial charge >= 0.3 is 0 Å². The standard InChI is InChI=1S/C21H21N3O3S/c1-13-8-9-17(27-3)16(12-13)24-20(25)19-18(23-21(24)28-11-10-26-2)14-6-4-5-7-15(14)22-19/h4-9,12,22H,10-11H2,1-3H3. The molecule has 1 N–H and O–H groups in total. The maximum Gasteiger partial charge on any atom is 0.283 e. The molecule has 144 valence electrons. The van der Waals surface area contributed by atoms with Crippen molar-refractivity contribution >= 4 is 33.7 Å². The molecule has 7 heteroatoms. The molecule has 0 bridgehead atoms. The van der Waals surface area contributed by atoms with Gasteiger partial charge in [0.2, 0.25) is 0 Å². The van der Waals surface area contributed by atoms with Gasteiger partial charge in [-0.05, 0) is 30.7 Å². The van der Waals surface area contributed by atoms with Crippen LogP contribution in [0.1, 0.15) is 5.56 Å². The number of aromatic amines is 1. The van der Waals surface area contributed by atoms with Gasteiger partial charge in [0.05, 0.1) is 19.4 Å². The summed E-state index contributed by atoms with van der Waals surface area (Å²) in [5, 5.41) is 1.55. The molecule has 0 aliphatic heterocycles. The van der Waals surface area contributed by atoms with Gasteiger partial charge in [-0.15, -0.1) is 0 Å². The van der Waals surface area contributed by atoms with Gasteiger partial charge in [0, 0.05) is 23.8 Å². The summed E-state index contributed by atoms with van der Waals surface area (Å²) in [6.45, 7) is 2.55. The zero-order valence-electron chi connectivity index (χ0n) is 16.0. The van der Waals surface area contributed by atoms with Gasteiger partial charge in [0.25, 0.3) is 5.56 Å². The van der Waals surface area contributed by atoms with Gasteiger partial charge in [-0.25, -0.2) is 9.55 Å². The van der Waals surface area contributed by atoms with Crippen molar-refractivity contribution in [3.8, 4) is 11.4 Å². The van der Waals surface area contributed by atoms with Crippen molar-refractivity contribution in [1.82, 2.24) is 14.5 Å². The lowest BCUT2D eigenvalue weighted by molar-refractivity contribution is 0.218. The number of para-hydroxylation sites is 1. The van der Waals surface area contributed by atoms with Crippen LogP contribution in [0.4, 0.5) is 0 Å². The lowest BCUT2D eigenvalue weighted by atomic mass is 10.2. The fraction of sp³-hybridized carbons (Fsp3) is 0.238. The number of H-pyrrole nitrogens is 1. The number of nitrogens with zero attached hydrogens (tertiary/aromatic N) is 2. The molecular weight excluding hydrogens is 374 g/mol. The van der Waals surface area contributed by atoms with E-state index in [2.05, 4.69) is 4.98 Å². The predicted octanol–water partition coefficient (Wildman–Crippen LogP) is 3.92. The first-order valence-electron chi connectivity index (χ1n) is 8.94. The van der Waals surface area contributed by atoms with E-state index >= 15 is 0 Å². The number of ether oxygens (including phenoxy) is 2. The quantitative estimate of drug-likeness (QED) is 0.304. The molecule has 2 heterocycles. The van der Waals surface area contributed by atoms with Crippen molar-refractivity contribution in [1.29, 1.82) is 0 Å². The lowest BCUT2D eigenvalue weighted by Crippen LogP contribution is -2.22. The normalized spacial score (nSPS) is 11.4. The van der Waals surface area contributed by atoms with Gasteiger partial charge in [-0.1, -0.05) is 36.0 Å². The number of hydrogen-bond donors (Lipinski definition) is 1. The van der Waals surface area contributed by atoms with E-state index in [0.29, 0.717) is 40.0 Å². The molecule has 0 aliphatic rings. The summed E-state index contributed by atoms with van der Waals surface area (Å²) in [6.07, 6.45) is 0. The highest BCUT2D eigenvalue weighted by atomic mass is 32.2. The van der Waals surface area contributed by atoms with E-state index in [-0.39, 0.29) is 5.56 Å². The number of hydrogen-bond acceptors (Lipinski definition) is 5. The Labute approximate surface area is 166 Å². The van der Waals surface area contributed by atoms with Crippen molar-refractivity contribution in [3.63, 3.8) is 0 Å². The Morgan fingerprint density at radius 3 is 2.79 bits per heavy atom. The van der Waals surface area contributed by atoms with Gasteiger partial charge in [-0.2, -0.15) is 0 Å². The highest BCUT2D eigenvalue weighted by Crippen LogP contribution is 2.30. The molecule has 0 fully saturated rings. The molecular formula is C21H21N3O3S. The SMILES string of the molecule is COCCSc1nc2c([nH]c3ccccc32)c(=O)n1-c1cc(C)ccc1OC. The average Bonchev–Trinajstić information content (AvgIpc) is 3.07. The topological polar surface area (TPSA) is 69.1 Å². The van der Waals surface area contributed by atoms with E-state index in [1.165, 1.54) is 11.8 Å². The number of rotatable bonds is 6. The zero-order valence-corrected chi connectivity index (χ0v) is 16.8. The van der Waals surface area contributed by atoms with Crippen LogP contribution in [0.3, 0.4) is 0 Å². The molecule has 4 aromatic rings. The second kappa shape index (κ2) is 7.69. The van der Waals surface area contributed by atoms with Crippen molar-refractivity contribution in [2.24, 2.45) is 0 Å². The van der Waals surface area contributed by atoms with E-state index in [1.807, 2.05) is 49.4 Å². The third-order valence-corrected chi connectivity index (χ3v) is 5.49. The summed E-state index contributed by atoms with van der Waals surface area (Å²) in [5.74, 6) is 1.31. The molecule has 0 amide bonds. The summed E-state index contributed by atoms with van der Waals surface area (Å²) < 4.78 is 12.3. The average molecular weight is 395 g/mol. The van der Waals surface area contributed by atoms with E-state index in [1.54, 1.807) is 18.8 Å². The number of fused-ring (bicyclic) bond motifs is 3. The van der Waals surface area contributed by atoms with Gasteiger partial charge in [-0.3, -0.25) is 4.79 Å². The molecule has 2 aromatic carbocycles. The monoisotopic (exact) mass is 395 g/mol. The van der Waals surface area contributed by atoms with Crippen LogP contribution in [-0.4, -0.2) is 41.1 Å². The van der Waals surface area contributed by atoms with Crippen LogP contribution < -0.4 is 10.3 Å². The number of benzene rings is 2. The number of aryl methyl sites for hydroxylation is 1. The molecule has 28 heavy (non-hydrogen) atoms. The highest BCUT2D eigenvalue weighted by molar-refractivity contribution is 7.99. The van der Waals surface area contributed by atoms with Crippen LogP contribution in [-0.2, 0) is 4.74 Å². The van der Waals surface area contributed by atoms with Crippen LogP contribution in [0, 0.1) is 6.92 Å². The fourth-order valence-electron chi connectivity index (χ4n) is 3.24. The van der Waals surface area contributed by atoms with Crippen molar-refractivity contribution in [3.05, 3.63) is 58.4 Å². The van der Waals surface area contributed by atoms with Crippen LogP contribution in [0.5, 0.6) is 5.75 Å². The van der Waals surface area contributed by atoms with Crippen LogP contribution in [0.2, 0.25) is 0 Å². The van der Waals surface area contributed by atoms with Crippen LogP contribution in [0.25, 0.3) is 27.6 Å². The first-order chi connectivity index (χ1) is 13.6. The first kappa shape index (κ1) is 18.6. The third kappa shape index (κ3) is 3.16. The molecule has 6 nitrogen and oxygen atoms in total. The highest BCUT2D eigenvalue weighted by Gasteiger charge is 2.19. The Morgan fingerprint density at radius 1 is 1.18 bits per heavy atom. The minimum absolute atomic E-state index is 0.148. The summed E-state index contributed by atoms with van der Waals surface area (Å²) in [6, 6.07) is 13.6. The van der Waals surface area contributed by atoms with E-state index in [9.17, 15) is 4.79 Å². The van der Waals surface area contributed by atoms with Crippen molar-refractivity contribution < 1.29 is 9.47 Å². The lowest BCUT2D eigenvalue weighted by Gasteiger charge is -2.15. The molecule has 0 aliphatic carbocycles. The summed E-state index contributed by atoms with van der Waals surface area (Å²) in [4.78, 5) is 21.6. The molecule has 4 rings (SSSR count). The number of thioether (sulfide) groups is 1. The zero-order chi connectivity index (χ0) is 19.7. The Kier molecular flexibility index (Phi) is 5.11. The number of aromatic nitrogens is 3. The molecule has 0 unspecified atom stereocenters.